The van der Waals surface area contributed by atoms with Gasteiger partial charge in [0.2, 0.25) is 0 Å². The number of hydrogen-bond donors (Lipinski definition) is 1. The van der Waals surface area contributed by atoms with E-state index in [-0.39, 0.29) is 0 Å². The second-order valence-corrected chi connectivity index (χ2v) is 6.04. The lowest BCUT2D eigenvalue weighted by Crippen LogP contribution is -2.14. The van der Waals surface area contributed by atoms with Gasteiger partial charge in [0.15, 0.2) is 0 Å². The molecule has 0 aliphatic heterocycles. The number of nitrogens with zero attached hydrogens (tertiary/aromatic N) is 1. The van der Waals surface area contributed by atoms with E-state index in [0.717, 1.165) is 13.0 Å². The second kappa shape index (κ2) is 5.81. The van der Waals surface area contributed by atoms with Crippen LogP contribution in [-0.4, -0.2) is 11.6 Å². The van der Waals surface area contributed by atoms with Gasteiger partial charge in [-0.25, -0.2) is 0 Å². The van der Waals surface area contributed by atoms with Crippen molar-refractivity contribution in [3.63, 3.8) is 0 Å². The van der Waals surface area contributed by atoms with Crippen molar-refractivity contribution < 1.29 is 0 Å². The zero-order valence-corrected chi connectivity index (χ0v) is 12.8. The quantitative estimate of drug-likeness (QED) is 0.734. The molecule has 0 aliphatic rings. The maximum absolute atomic E-state index is 3.36. The van der Waals surface area contributed by atoms with Gasteiger partial charge in [-0.15, -0.1) is 11.3 Å². The molecule has 1 unspecified atom stereocenters. The number of hydrogen-bond acceptors (Lipinski definition) is 2. The molecule has 20 heavy (non-hydrogen) atoms. The summed E-state index contributed by atoms with van der Waals surface area (Å²) in [6.45, 7) is 3.16. The Hall–Kier alpha value is -1.58. The average Bonchev–Trinajstić information content (AvgIpc) is 3.09. The number of rotatable bonds is 5. The van der Waals surface area contributed by atoms with E-state index in [4.69, 9.17) is 0 Å². The molecule has 2 nitrogen and oxygen atoms in total. The lowest BCUT2D eigenvalue weighted by Gasteiger charge is -2.11. The van der Waals surface area contributed by atoms with E-state index in [2.05, 4.69) is 64.9 Å². The van der Waals surface area contributed by atoms with Crippen molar-refractivity contribution in [2.45, 2.75) is 25.9 Å². The molecule has 0 saturated heterocycles. The van der Waals surface area contributed by atoms with E-state index < -0.39 is 0 Å². The number of fused-ring (bicyclic) bond motifs is 1. The van der Waals surface area contributed by atoms with Crippen molar-refractivity contribution in [3.8, 4) is 0 Å². The van der Waals surface area contributed by atoms with Gasteiger partial charge in [0.05, 0.1) is 0 Å². The summed E-state index contributed by atoms with van der Waals surface area (Å²) in [5.74, 6) is 0. The summed E-state index contributed by atoms with van der Waals surface area (Å²) in [5, 5.41) is 7.02. The molecule has 1 N–H and O–H groups in total. The standard InChI is InChI=1S/C17H20N2S/c1-3-16(18-2)13-8-9-19(10-13)11-14-12-20-17-7-5-4-6-15(14)17/h4-10,12,16,18H,3,11H2,1-2H3. The summed E-state index contributed by atoms with van der Waals surface area (Å²) in [6.07, 6.45) is 5.56. The molecule has 104 valence electrons. The minimum absolute atomic E-state index is 0.454. The number of nitrogens with one attached hydrogen (secondary N) is 1. The molecular formula is C17H20N2S. The van der Waals surface area contributed by atoms with Crippen LogP contribution in [0.3, 0.4) is 0 Å². The Kier molecular flexibility index (Phi) is 3.90. The smallest absolute Gasteiger partial charge is 0.0484 e. The molecule has 2 aromatic heterocycles. The van der Waals surface area contributed by atoms with Gasteiger partial charge in [-0.05, 0) is 47.5 Å². The Morgan fingerprint density at radius 1 is 1.25 bits per heavy atom. The Morgan fingerprint density at radius 2 is 2.10 bits per heavy atom. The van der Waals surface area contributed by atoms with Gasteiger partial charge >= 0.3 is 0 Å². The maximum atomic E-state index is 3.36. The molecule has 0 amide bonds. The van der Waals surface area contributed by atoms with E-state index >= 15 is 0 Å². The van der Waals surface area contributed by atoms with Crippen LogP contribution in [0.5, 0.6) is 0 Å². The Balaban J connectivity index is 1.84. The second-order valence-electron chi connectivity index (χ2n) is 5.12. The first kappa shape index (κ1) is 13.4. The first-order chi connectivity index (χ1) is 9.81. The SMILES string of the molecule is CCC(NC)c1ccn(Cc2csc3ccccc23)c1. The largest absolute Gasteiger partial charge is 0.350 e. The monoisotopic (exact) mass is 284 g/mol. The van der Waals surface area contributed by atoms with Crippen LogP contribution in [0, 0.1) is 0 Å². The first-order valence-electron chi connectivity index (χ1n) is 7.10. The fourth-order valence-corrected chi connectivity index (χ4v) is 3.68. The topological polar surface area (TPSA) is 17.0 Å². The molecule has 0 bridgehead atoms. The molecular weight excluding hydrogens is 264 g/mol. The highest BCUT2D eigenvalue weighted by molar-refractivity contribution is 7.17. The summed E-state index contributed by atoms with van der Waals surface area (Å²) in [7, 11) is 2.03. The zero-order valence-electron chi connectivity index (χ0n) is 12.0. The fourth-order valence-electron chi connectivity index (χ4n) is 2.72. The van der Waals surface area contributed by atoms with Crippen LogP contribution < -0.4 is 5.32 Å². The van der Waals surface area contributed by atoms with Crippen LogP contribution in [0.4, 0.5) is 0 Å². The maximum Gasteiger partial charge on any atom is 0.0484 e. The van der Waals surface area contributed by atoms with Gasteiger partial charge in [0, 0.05) is 29.7 Å². The lowest BCUT2D eigenvalue weighted by molar-refractivity contribution is 0.575. The molecule has 1 atom stereocenters. The van der Waals surface area contributed by atoms with E-state index in [1.165, 1.54) is 21.2 Å². The minimum atomic E-state index is 0.454. The predicted octanol–water partition coefficient (Wildman–Crippen LogP) is 4.42. The van der Waals surface area contributed by atoms with E-state index in [1.54, 1.807) is 0 Å². The third kappa shape index (κ3) is 2.51. The van der Waals surface area contributed by atoms with Gasteiger partial charge in [-0.2, -0.15) is 0 Å². The van der Waals surface area contributed by atoms with Crippen molar-refractivity contribution in [2.75, 3.05) is 7.05 Å². The summed E-state index contributed by atoms with van der Waals surface area (Å²) < 4.78 is 3.65. The molecule has 0 aliphatic carbocycles. The van der Waals surface area contributed by atoms with Crippen molar-refractivity contribution in [1.82, 2.24) is 9.88 Å². The third-order valence-electron chi connectivity index (χ3n) is 3.85. The summed E-state index contributed by atoms with van der Waals surface area (Å²) in [5.41, 5.74) is 2.78. The molecule has 3 heteroatoms. The molecule has 0 radical (unpaired) electrons. The van der Waals surface area contributed by atoms with Gasteiger partial charge in [-0.3, -0.25) is 0 Å². The highest BCUT2D eigenvalue weighted by Gasteiger charge is 2.09. The Labute approximate surface area is 124 Å². The van der Waals surface area contributed by atoms with Gasteiger partial charge in [-0.1, -0.05) is 25.1 Å². The van der Waals surface area contributed by atoms with E-state index in [1.807, 2.05) is 18.4 Å². The number of aromatic nitrogens is 1. The van der Waals surface area contributed by atoms with E-state index in [0.29, 0.717) is 6.04 Å². The molecule has 3 rings (SSSR count). The van der Waals surface area contributed by atoms with Crippen LogP contribution in [-0.2, 0) is 6.54 Å². The van der Waals surface area contributed by atoms with Gasteiger partial charge < -0.3 is 9.88 Å². The van der Waals surface area contributed by atoms with Crippen LogP contribution in [0.15, 0.2) is 48.1 Å². The fraction of sp³-hybridized carbons (Fsp3) is 0.294. The lowest BCUT2D eigenvalue weighted by atomic mass is 10.1. The highest BCUT2D eigenvalue weighted by atomic mass is 32.1. The summed E-state index contributed by atoms with van der Waals surface area (Å²) in [4.78, 5) is 0. The highest BCUT2D eigenvalue weighted by Crippen LogP contribution is 2.26. The van der Waals surface area contributed by atoms with Gasteiger partial charge in [0.1, 0.15) is 0 Å². The van der Waals surface area contributed by atoms with Crippen molar-refractivity contribution in [2.24, 2.45) is 0 Å². The van der Waals surface area contributed by atoms with E-state index in [9.17, 15) is 0 Å². The minimum Gasteiger partial charge on any atom is -0.350 e. The van der Waals surface area contributed by atoms with Crippen molar-refractivity contribution in [3.05, 3.63) is 59.2 Å². The number of thiophene rings is 1. The average molecular weight is 284 g/mol. The van der Waals surface area contributed by atoms with Crippen molar-refractivity contribution in [1.29, 1.82) is 0 Å². The van der Waals surface area contributed by atoms with Gasteiger partial charge in [0.25, 0.3) is 0 Å². The normalized spacial score (nSPS) is 12.9. The summed E-state index contributed by atoms with van der Waals surface area (Å²) >= 11 is 1.83. The Morgan fingerprint density at radius 3 is 2.90 bits per heavy atom. The van der Waals surface area contributed by atoms with Crippen LogP contribution in [0.2, 0.25) is 0 Å². The Bertz CT molecular complexity index is 692. The van der Waals surface area contributed by atoms with Crippen LogP contribution in [0.1, 0.15) is 30.5 Å². The third-order valence-corrected chi connectivity index (χ3v) is 4.86. The van der Waals surface area contributed by atoms with Crippen LogP contribution in [0.25, 0.3) is 10.1 Å². The van der Waals surface area contributed by atoms with Crippen molar-refractivity contribution >= 4 is 21.4 Å². The molecule has 3 aromatic rings. The first-order valence-corrected chi connectivity index (χ1v) is 7.98. The molecule has 0 fully saturated rings. The molecule has 2 heterocycles. The zero-order chi connectivity index (χ0) is 13.9. The predicted molar refractivity (Wildman–Crippen MR) is 87.5 cm³/mol. The summed E-state index contributed by atoms with van der Waals surface area (Å²) in [6, 6.07) is 11.3. The molecule has 0 saturated carbocycles. The van der Waals surface area contributed by atoms with Crippen LogP contribution >= 0.6 is 11.3 Å². The number of benzene rings is 1. The molecule has 1 aromatic carbocycles. The molecule has 0 spiro atoms.